The maximum Gasteiger partial charge on any atom is 0.136 e. The van der Waals surface area contributed by atoms with E-state index in [1.165, 1.54) is 0 Å². The van der Waals surface area contributed by atoms with Gasteiger partial charge in [-0.25, -0.2) is 0 Å². The van der Waals surface area contributed by atoms with Crippen LogP contribution in [0.3, 0.4) is 0 Å². The number of nitrogens with zero attached hydrogens (tertiary/aromatic N) is 1. The molecule has 0 amide bonds. The second-order valence-electron chi connectivity index (χ2n) is 12.3. The quantitative estimate of drug-likeness (QED) is 0.509. The molecule has 8 nitrogen and oxygen atoms in total. The lowest BCUT2D eigenvalue weighted by Crippen LogP contribution is -2.74. The first-order chi connectivity index (χ1) is 16.3. The van der Waals surface area contributed by atoms with Gasteiger partial charge < -0.3 is 34.3 Å². The van der Waals surface area contributed by atoms with Crippen molar-refractivity contribution in [2.75, 3.05) is 48.1 Å². The van der Waals surface area contributed by atoms with Gasteiger partial charge in [0.15, 0.2) is 0 Å². The van der Waals surface area contributed by atoms with Crippen molar-refractivity contribution in [2.24, 2.45) is 34.5 Å². The predicted molar refractivity (Wildman–Crippen MR) is 123 cm³/mol. The van der Waals surface area contributed by atoms with Gasteiger partial charge in [-0.2, -0.15) is 0 Å². The molecule has 1 spiro atoms. The van der Waals surface area contributed by atoms with E-state index in [2.05, 4.69) is 11.8 Å². The first-order valence-corrected chi connectivity index (χ1v) is 13.2. The second kappa shape index (κ2) is 7.60. The van der Waals surface area contributed by atoms with Crippen LogP contribution in [0.5, 0.6) is 0 Å². The van der Waals surface area contributed by atoms with Gasteiger partial charge in [-0.15, -0.1) is 0 Å². The number of likely N-dealkylation sites (tertiary alicyclic amines) is 1. The van der Waals surface area contributed by atoms with Crippen LogP contribution in [0.1, 0.15) is 39.0 Å². The zero-order chi connectivity index (χ0) is 24.3. The molecule has 194 valence electrons. The Morgan fingerprint density at radius 2 is 1.79 bits per heavy atom. The van der Waals surface area contributed by atoms with Crippen LogP contribution in [0.25, 0.3) is 0 Å². The van der Waals surface area contributed by atoms with Crippen LogP contribution in [0, 0.1) is 34.5 Å². The third-order valence-corrected chi connectivity index (χ3v) is 11.9. The molecule has 0 aromatic carbocycles. The average Bonchev–Trinajstić information content (AvgIpc) is 3.16. The van der Waals surface area contributed by atoms with Crippen molar-refractivity contribution in [3.8, 4) is 0 Å². The van der Waals surface area contributed by atoms with E-state index in [9.17, 15) is 15.3 Å². The van der Waals surface area contributed by atoms with E-state index in [1.807, 2.05) is 0 Å². The van der Waals surface area contributed by atoms with Crippen molar-refractivity contribution in [2.45, 2.75) is 80.7 Å². The molecule has 1 saturated heterocycles. The van der Waals surface area contributed by atoms with Crippen LogP contribution in [0.15, 0.2) is 0 Å². The Bertz CT molecular complexity index is 829. The highest BCUT2D eigenvalue weighted by atomic mass is 16.5. The van der Waals surface area contributed by atoms with E-state index >= 15 is 0 Å². The number of hydrogen-bond donors (Lipinski definition) is 3. The molecule has 3 N–H and O–H groups in total. The van der Waals surface area contributed by atoms with Gasteiger partial charge in [0.1, 0.15) is 11.2 Å². The minimum atomic E-state index is -1.36. The van der Waals surface area contributed by atoms with Gasteiger partial charge >= 0.3 is 0 Å². The van der Waals surface area contributed by atoms with E-state index in [-0.39, 0.29) is 41.2 Å². The lowest BCUT2D eigenvalue weighted by Gasteiger charge is -2.65. The smallest absolute Gasteiger partial charge is 0.136 e. The van der Waals surface area contributed by atoms with Crippen molar-refractivity contribution in [1.82, 2.24) is 4.90 Å². The number of ether oxygens (including phenoxy) is 4. The summed E-state index contributed by atoms with van der Waals surface area (Å²) < 4.78 is 24.6. The maximum atomic E-state index is 13.2. The molecule has 5 aliphatic carbocycles. The zero-order valence-electron chi connectivity index (χ0n) is 21.3. The molecule has 6 fully saturated rings. The van der Waals surface area contributed by atoms with E-state index in [4.69, 9.17) is 18.9 Å². The number of fused-ring (bicyclic) bond motifs is 3. The lowest BCUT2D eigenvalue weighted by atomic mass is 9.46. The van der Waals surface area contributed by atoms with E-state index in [0.29, 0.717) is 25.9 Å². The number of rotatable bonds is 6. The minimum absolute atomic E-state index is 0.0305. The average molecular weight is 482 g/mol. The standard InChI is InChI=1S/C26H43NO7/c1-6-27-12-23(13-31-2)8-7-18(28)25-16-9-14-17(32-3)11-24(34-5,10-15(16)19(14)29)26(30,22(25)27)21(33-4)20(23)25/h14-22,28-30H,6-13H2,1-5H3/t14-,15-,16-,17+,18+,19+,20-,21+,22+,23+,24-,25+,26-/m1/s1. The third-order valence-electron chi connectivity index (χ3n) is 11.9. The van der Waals surface area contributed by atoms with Gasteiger partial charge in [-0.05, 0) is 44.1 Å². The molecule has 1 heterocycles. The summed E-state index contributed by atoms with van der Waals surface area (Å²) in [6.45, 7) is 4.27. The fourth-order valence-electron chi connectivity index (χ4n) is 11.1. The highest BCUT2D eigenvalue weighted by Gasteiger charge is 2.88. The van der Waals surface area contributed by atoms with Crippen molar-refractivity contribution in [3.05, 3.63) is 0 Å². The molecule has 34 heavy (non-hydrogen) atoms. The molecule has 8 bridgehead atoms. The molecule has 6 rings (SSSR count). The second-order valence-corrected chi connectivity index (χ2v) is 12.3. The van der Waals surface area contributed by atoms with Gasteiger partial charge in [0.25, 0.3) is 0 Å². The Morgan fingerprint density at radius 3 is 2.41 bits per heavy atom. The summed E-state index contributed by atoms with van der Waals surface area (Å²) in [5.74, 6) is -0.132. The highest BCUT2D eigenvalue weighted by Crippen LogP contribution is 2.78. The fourth-order valence-corrected chi connectivity index (χ4v) is 11.1. The minimum Gasteiger partial charge on any atom is -0.392 e. The van der Waals surface area contributed by atoms with Crippen molar-refractivity contribution >= 4 is 0 Å². The first-order valence-electron chi connectivity index (χ1n) is 13.2. The van der Waals surface area contributed by atoms with Gasteiger partial charge in [-0.1, -0.05) is 6.92 Å². The Morgan fingerprint density at radius 1 is 1.03 bits per heavy atom. The zero-order valence-corrected chi connectivity index (χ0v) is 21.3. The van der Waals surface area contributed by atoms with Gasteiger partial charge in [0, 0.05) is 64.1 Å². The number of aliphatic hydroxyl groups excluding tert-OH is 2. The molecule has 0 radical (unpaired) electrons. The molecule has 5 saturated carbocycles. The number of aliphatic hydroxyl groups is 3. The van der Waals surface area contributed by atoms with E-state index in [0.717, 1.165) is 25.9 Å². The van der Waals surface area contributed by atoms with Gasteiger partial charge in [0.05, 0.1) is 37.1 Å². The molecule has 0 aromatic rings. The van der Waals surface area contributed by atoms with Crippen LogP contribution in [0.2, 0.25) is 0 Å². The van der Waals surface area contributed by atoms with Crippen molar-refractivity contribution < 1.29 is 34.3 Å². The molecule has 0 aromatic heterocycles. The molecule has 0 unspecified atom stereocenters. The first kappa shape index (κ1) is 24.0. The topological polar surface area (TPSA) is 101 Å². The van der Waals surface area contributed by atoms with Gasteiger partial charge in [0.2, 0.25) is 0 Å². The Balaban J connectivity index is 1.70. The van der Waals surface area contributed by atoms with Crippen LogP contribution >= 0.6 is 0 Å². The van der Waals surface area contributed by atoms with Crippen LogP contribution < -0.4 is 0 Å². The molecule has 1 aliphatic heterocycles. The summed E-state index contributed by atoms with van der Waals surface area (Å²) in [7, 11) is 6.85. The molecular formula is C26H43NO7. The maximum absolute atomic E-state index is 13.2. The van der Waals surface area contributed by atoms with Crippen molar-refractivity contribution in [3.63, 3.8) is 0 Å². The highest BCUT2D eigenvalue weighted by molar-refractivity contribution is 5.38. The number of methoxy groups -OCH3 is 4. The Kier molecular flexibility index (Phi) is 5.38. The summed E-state index contributed by atoms with van der Waals surface area (Å²) >= 11 is 0. The fraction of sp³-hybridized carbons (Fsp3) is 1.00. The monoisotopic (exact) mass is 481 g/mol. The molecular weight excluding hydrogens is 438 g/mol. The molecule has 8 heteroatoms. The van der Waals surface area contributed by atoms with Crippen LogP contribution in [-0.2, 0) is 18.9 Å². The van der Waals surface area contributed by atoms with E-state index in [1.54, 1.807) is 28.4 Å². The van der Waals surface area contributed by atoms with Crippen molar-refractivity contribution in [1.29, 1.82) is 0 Å². The molecule has 6 aliphatic rings. The summed E-state index contributed by atoms with van der Waals surface area (Å²) in [6.07, 6.45) is 1.51. The summed E-state index contributed by atoms with van der Waals surface area (Å²) in [6, 6.07) is -0.322. The summed E-state index contributed by atoms with van der Waals surface area (Å²) in [5, 5.41) is 36.9. The SMILES string of the molecule is CCN1C[C@]2(COC)CC[C@H](O)[C@@]34[C@@H]5C[C@H]6[C@H](O)[C@@H]5C[C@@](OC)(C[C@@H]6OC)[C@@](O)([C@@H](OC)[C@H]23)[C@@H]14. The number of hydrogen-bond acceptors (Lipinski definition) is 8. The van der Waals surface area contributed by atoms with Gasteiger partial charge in [-0.3, -0.25) is 4.90 Å². The van der Waals surface area contributed by atoms with E-state index < -0.39 is 34.9 Å². The largest absolute Gasteiger partial charge is 0.392 e. The molecule has 13 atom stereocenters. The lowest BCUT2D eigenvalue weighted by molar-refractivity contribution is -0.244. The van der Waals surface area contributed by atoms with Crippen LogP contribution in [0.4, 0.5) is 0 Å². The normalized spacial score (nSPS) is 59.8. The number of piperidine rings is 1. The predicted octanol–water partition coefficient (Wildman–Crippen LogP) is 0.661. The number of likely N-dealkylation sites (N-methyl/N-ethyl adjacent to an activating group) is 1. The third kappa shape index (κ3) is 2.35. The Hall–Kier alpha value is -0.320. The summed E-state index contributed by atoms with van der Waals surface area (Å²) in [4.78, 5) is 2.40. The summed E-state index contributed by atoms with van der Waals surface area (Å²) in [5.41, 5.74) is -3.16. The van der Waals surface area contributed by atoms with Crippen LogP contribution in [-0.4, -0.2) is 110 Å². The Labute approximate surface area is 202 Å².